The summed E-state index contributed by atoms with van der Waals surface area (Å²) in [4.78, 5) is 33.3. The van der Waals surface area contributed by atoms with Crippen LogP contribution in [0.3, 0.4) is 0 Å². The van der Waals surface area contributed by atoms with Crippen LogP contribution >= 0.6 is 0 Å². The number of nitro benzene ring substituents is 1. The van der Waals surface area contributed by atoms with E-state index in [-0.39, 0.29) is 17.2 Å². The first-order chi connectivity index (χ1) is 14.6. The van der Waals surface area contributed by atoms with Gasteiger partial charge in [-0.3, -0.25) is 14.9 Å². The minimum Gasteiger partial charge on any atom is -0.378 e. The third-order valence-corrected chi connectivity index (χ3v) is 5.10. The maximum Gasteiger partial charge on any atom is 0.293 e. The molecular formula is C21H23N5O4. The van der Waals surface area contributed by atoms with Crippen molar-refractivity contribution in [1.29, 1.82) is 0 Å². The molecule has 30 heavy (non-hydrogen) atoms. The van der Waals surface area contributed by atoms with Crippen molar-refractivity contribution >= 4 is 28.3 Å². The van der Waals surface area contributed by atoms with E-state index in [0.717, 1.165) is 16.9 Å². The normalized spacial score (nSPS) is 14.1. The van der Waals surface area contributed by atoms with Crippen molar-refractivity contribution in [2.75, 3.05) is 37.7 Å². The molecule has 1 aliphatic heterocycles. The third-order valence-electron chi connectivity index (χ3n) is 5.10. The van der Waals surface area contributed by atoms with Crippen LogP contribution in [0.25, 0.3) is 11.0 Å². The van der Waals surface area contributed by atoms with Crippen LogP contribution in [0.1, 0.15) is 22.6 Å². The number of aromatic amines is 1. The summed E-state index contributed by atoms with van der Waals surface area (Å²) < 4.78 is 5.31. The molecule has 4 rings (SSSR count). The molecule has 1 saturated heterocycles. The van der Waals surface area contributed by atoms with Crippen LogP contribution < -0.4 is 10.2 Å². The fourth-order valence-corrected chi connectivity index (χ4v) is 3.57. The van der Waals surface area contributed by atoms with Gasteiger partial charge >= 0.3 is 0 Å². The van der Waals surface area contributed by atoms with Crippen LogP contribution in [-0.4, -0.2) is 53.6 Å². The molecule has 9 nitrogen and oxygen atoms in total. The number of rotatable bonds is 7. The molecule has 1 amide bonds. The molecule has 9 heteroatoms. The van der Waals surface area contributed by atoms with Gasteiger partial charge in [-0.2, -0.15) is 0 Å². The van der Waals surface area contributed by atoms with E-state index in [1.54, 1.807) is 12.1 Å². The number of carbonyl (C=O) groups excluding carboxylic acids is 1. The highest BCUT2D eigenvalue weighted by Gasteiger charge is 2.23. The van der Waals surface area contributed by atoms with E-state index in [9.17, 15) is 14.9 Å². The van der Waals surface area contributed by atoms with Crippen molar-refractivity contribution in [2.24, 2.45) is 0 Å². The molecule has 0 spiro atoms. The second-order valence-corrected chi connectivity index (χ2v) is 7.12. The van der Waals surface area contributed by atoms with E-state index in [4.69, 9.17) is 4.74 Å². The van der Waals surface area contributed by atoms with Gasteiger partial charge in [-0.05, 0) is 30.7 Å². The fraction of sp³-hybridized carbons (Fsp3) is 0.333. The zero-order valence-corrected chi connectivity index (χ0v) is 16.5. The van der Waals surface area contributed by atoms with Crippen LogP contribution in [0.4, 0.5) is 11.4 Å². The van der Waals surface area contributed by atoms with Crippen molar-refractivity contribution in [3.63, 3.8) is 0 Å². The van der Waals surface area contributed by atoms with Crippen molar-refractivity contribution in [3.05, 3.63) is 64.0 Å². The van der Waals surface area contributed by atoms with Crippen molar-refractivity contribution in [2.45, 2.75) is 12.8 Å². The molecule has 0 aliphatic carbocycles. The Hall–Kier alpha value is -3.46. The molecule has 1 aliphatic rings. The van der Waals surface area contributed by atoms with Crippen molar-refractivity contribution < 1.29 is 14.5 Å². The smallest absolute Gasteiger partial charge is 0.293 e. The molecule has 1 fully saturated rings. The number of carbonyl (C=O) groups is 1. The highest BCUT2D eigenvalue weighted by Crippen LogP contribution is 2.29. The van der Waals surface area contributed by atoms with Crippen LogP contribution in [0.15, 0.2) is 42.5 Å². The molecule has 2 N–H and O–H groups in total. The summed E-state index contributed by atoms with van der Waals surface area (Å²) in [5.41, 5.74) is 2.65. The second kappa shape index (κ2) is 8.91. The van der Waals surface area contributed by atoms with E-state index >= 15 is 0 Å². The summed E-state index contributed by atoms with van der Waals surface area (Å²) in [5.74, 6) is 0.548. The first-order valence-electron chi connectivity index (χ1n) is 9.95. The maximum atomic E-state index is 12.5. The van der Waals surface area contributed by atoms with Crippen molar-refractivity contribution in [1.82, 2.24) is 15.3 Å². The predicted octanol–water partition coefficient (Wildman–Crippen LogP) is 2.67. The summed E-state index contributed by atoms with van der Waals surface area (Å²) in [6, 6.07) is 12.4. The molecule has 0 unspecified atom stereocenters. The standard InChI is InChI=1S/C21H23N5O4/c27-21(22-9-3-6-20-23-16-4-1-2-5-17(16)24-20)15-7-8-18(19(14-15)26(28)29)25-10-12-30-13-11-25/h1-2,4-5,7-8,14H,3,6,9-13H2,(H,22,27)(H,23,24). The first kappa shape index (κ1) is 19.8. The van der Waals surface area contributed by atoms with Crippen molar-refractivity contribution in [3.8, 4) is 0 Å². The number of hydrogen-bond donors (Lipinski definition) is 2. The number of hydrogen-bond acceptors (Lipinski definition) is 6. The van der Waals surface area contributed by atoms with Crippen LogP contribution in [0.5, 0.6) is 0 Å². The number of nitrogens with zero attached hydrogens (tertiary/aromatic N) is 3. The zero-order valence-electron chi connectivity index (χ0n) is 16.5. The molecule has 3 aromatic rings. The monoisotopic (exact) mass is 409 g/mol. The number of nitro groups is 1. The second-order valence-electron chi connectivity index (χ2n) is 7.12. The number of aromatic nitrogens is 2. The lowest BCUT2D eigenvalue weighted by molar-refractivity contribution is -0.384. The summed E-state index contributed by atoms with van der Waals surface area (Å²) in [7, 11) is 0. The lowest BCUT2D eigenvalue weighted by atomic mass is 10.1. The van der Waals surface area contributed by atoms with Gasteiger partial charge in [0.2, 0.25) is 0 Å². The quantitative estimate of drug-likeness (QED) is 0.352. The molecule has 0 radical (unpaired) electrons. The molecule has 2 heterocycles. The number of H-pyrrole nitrogens is 1. The number of fused-ring (bicyclic) bond motifs is 1. The first-order valence-corrected chi connectivity index (χ1v) is 9.95. The van der Waals surface area contributed by atoms with E-state index in [0.29, 0.717) is 51.4 Å². The Labute approximate surface area is 173 Å². The van der Waals surface area contributed by atoms with E-state index in [1.807, 2.05) is 29.2 Å². The summed E-state index contributed by atoms with van der Waals surface area (Å²) >= 11 is 0. The minimum absolute atomic E-state index is 0.0631. The van der Waals surface area contributed by atoms with Crippen LogP contribution in [0, 0.1) is 10.1 Å². The highest BCUT2D eigenvalue weighted by atomic mass is 16.6. The number of para-hydroxylation sites is 2. The topological polar surface area (TPSA) is 113 Å². The maximum absolute atomic E-state index is 12.5. The SMILES string of the molecule is O=C(NCCCc1nc2ccccc2[nH]1)c1ccc(N2CCOCC2)c([N+](=O)[O-])c1. The van der Waals surface area contributed by atoms with Crippen LogP contribution in [0.2, 0.25) is 0 Å². The largest absolute Gasteiger partial charge is 0.378 e. The molecular weight excluding hydrogens is 386 g/mol. The Bertz CT molecular complexity index is 1030. The van der Waals surface area contributed by atoms with Gasteiger partial charge in [-0.1, -0.05) is 12.1 Å². The Morgan fingerprint density at radius 1 is 1.23 bits per heavy atom. The van der Waals surface area contributed by atoms with Gasteiger partial charge in [0.25, 0.3) is 11.6 Å². The third kappa shape index (κ3) is 4.41. The number of benzene rings is 2. The highest BCUT2D eigenvalue weighted by molar-refractivity contribution is 5.95. The molecule has 1 aromatic heterocycles. The van der Waals surface area contributed by atoms with Gasteiger partial charge in [0.15, 0.2) is 0 Å². The Balaban J connectivity index is 1.35. The Kier molecular flexibility index (Phi) is 5.89. The summed E-state index contributed by atoms with van der Waals surface area (Å²) in [6.07, 6.45) is 1.41. The lowest BCUT2D eigenvalue weighted by Gasteiger charge is -2.28. The van der Waals surface area contributed by atoms with Crippen LogP contribution in [-0.2, 0) is 11.2 Å². The molecule has 0 saturated carbocycles. The van der Waals surface area contributed by atoms with Gasteiger partial charge in [-0.15, -0.1) is 0 Å². The predicted molar refractivity (Wildman–Crippen MR) is 113 cm³/mol. The molecule has 0 bridgehead atoms. The number of imidazole rings is 1. The zero-order chi connectivity index (χ0) is 20.9. The number of aryl methyl sites for hydroxylation is 1. The number of morpholine rings is 1. The lowest BCUT2D eigenvalue weighted by Crippen LogP contribution is -2.36. The molecule has 156 valence electrons. The van der Waals surface area contributed by atoms with Gasteiger partial charge in [0.1, 0.15) is 11.5 Å². The number of amides is 1. The number of anilines is 1. The minimum atomic E-state index is -0.441. The number of ether oxygens (including phenoxy) is 1. The summed E-state index contributed by atoms with van der Waals surface area (Å²) in [6.45, 7) is 2.70. The Morgan fingerprint density at radius 3 is 2.80 bits per heavy atom. The number of nitrogens with one attached hydrogen (secondary N) is 2. The van der Waals surface area contributed by atoms with E-state index in [1.165, 1.54) is 6.07 Å². The Morgan fingerprint density at radius 2 is 2.03 bits per heavy atom. The molecule has 0 atom stereocenters. The average molecular weight is 409 g/mol. The van der Waals surface area contributed by atoms with E-state index in [2.05, 4.69) is 15.3 Å². The van der Waals surface area contributed by atoms with Gasteiger partial charge in [0, 0.05) is 37.7 Å². The average Bonchev–Trinajstić information content (AvgIpc) is 3.19. The van der Waals surface area contributed by atoms with Gasteiger partial charge in [-0.25, -0.2) is 4.98 Å². The summed E-state index contributed by atoms with van der Waals surface area (Å²) in [5, 5.41) is 14.4. The fourth-order valence-electron chi connectivity index (χ4n) is 3.57. The van der Waals surface area contributed by atoms with E-state index < -0.39 is 4.92 Å². The van der Waals surface area contributed by atoms with Gasteiger partial charge < -0.3 is 19.9 Å². The molecule has 2 aromatic carbocycles. The van der Waals surface area contributed by atoms with Gasteiger partial charge in [0.05, 0.1) is 29.2 Å².